The second-order valence-corrected chi connectivity index (χ2v) is 3.72. The van der Waals surface area contributed by atoms with Gasteiger partial charge in [-0.3, -0.25) is 0 Å². The molecule has 13 heavy (non-hydrogen) atoms. The van der Waals surface area contributed by atoms with Crippen molar-refractivity contribution < 1.29 is 10.2 Å². The third-order valence-corrected chi connectivity index (χ3v) is 2.06. The summed E-state index contributed by atoms with van der Waals surface area (Å²) in [7, 11) is 0. The predicted molar refractivity (Wildman–Crippen MR) is 55.4 cm³/mol. The summed E-state index contributed by atoms with van der Waals surface area (Å²) in [5.74, 6) is -0.0279. The molecule has 0 fully saturated rings. The van der Waals surface area contributed by atoms with Crippen LogP contribution in [0.3, 0.4) is 0 Å². The SMILES string of the molecule is C=C(C)[C@H](CC=C(C)C)[C@H](O)CO. The molecule has 0 aromatic carbocycles. The van der Waals surface area contributed by atoms with Gasteiger partial charge in [-0.1, -0.05) is 23.8 Å². The smallest absolute Gasteiger partial charge is 0.0838 e. The van der Waals surface area contributed by atoms with Crippen LogP contribution in [0.4, 0.5) is 0 Å². The van der Waals surface area contributed by atoms with E-state index in [0.717, 1.165) is 12.0 Å². The molecule has 2 atom stereocenters. The summed E-state index contributed by atoms with van der Waals surface area (Å²) in [4.78, 5) is 0. The van der Waals surface area contributed by atoms with E-state index in [-0.39, 0.29) is 12.5 Å². The molecule has 0 aliphatic rings. The van der Waals surface area contributed by atoms with Crippen molar-refractivity contribution in [3.8, 4) is 0 Å². The summed E-state index contributed by atoms with van der Waals surface area (Å²) < 4.78 is 0. The molecular formula is C11H20O2. The minimum atomic E-state index is -0.687. The van der Waals surface area contributed by atoms with Gasteiger partial charge in [-0.25, -0.2) is 0 Å². The van der Waals surface area contributed by atoms with Crippen LogP contribution in [0, 0.1) is 5.92 Å². The maximum atomic E-state index is 9.46. The van der Waals surface area contributed by atoms with Gasteiger partial charge in [-0.2, -0.15) is 0 Å². The molecule has 2 heteroatoms. The van der Waals surface area contributed by atoms with Gasteiger partial charge >= 0.3 is 0 Å². The van der Waals surface area contributed by atoms with Crippen LogP contribution in [-0.4, -0.2) is 22.9 Å². The summed E-state index contributed by atoms with van der Waals surface area (Å²) in [6, 6.07) is 0. The van der Waals surface area contributed by atoms with Gasteiger partial charge in [0.2, 0.25) is 0 Å². The molecule has 0 bridgehead atoms. The molecule has 0 aliphatic carbocycles. The van der Waals surface area contributed by atoms with Gasteiger partial charge in [0.15, 0.2) is 0 Å². The lowest BCUT2D eigenvalue weighted by molar-refractivity contribution is 0.0602. The van der Waals surface area contributed by atoms with E-state index in [1.165, 1.54) is 5.57 Å². The molecule has 2 N–H and O–H groups in total. The molecule has 0 saturated heterocycles. The van der Waals surface area contributed by atoms with Crippen LogP contribution in [0.2, 0.25) is 0 Å². The first kappa shape index (κ1) is 12.4. The molecule has 0 aromatic heterocycles. The molecule has 0 amide bonds. The van der Waals surface area contributed by atoms with Crippen LogP contribution in [0.25, 0.3) is 0 Å². The maximum Gasteiger partial charge on any atom is 0.0838 e. The minimum absolute atomic E-state index is 0.0279. The molecule has 0 aliphatic heterocycles. The molecule has 0 radical (unpaired) electrons. The summed E-state index contributed by atoms with van der Waals surface area (Å²) in [6.07, 6.45) is 2.12. The zero-order valence-electron chi connectivity index (χ0n) is 8.75. The first-order chi connectivity index (χ1) is 5.99. The minimum Gasteiger partial charge on any atom is -0.394 e. The van der Waals surface area contributed by atoms with Crippen molar-refractivity contribution in [2.45, 2.75) is 33.3 Å². The zero-order chi connectivity index (χ0) is 10.4. The van der Waals surface area contributed by atoms with E-state index < -0.39 is 6.10 Å². The van der Waals surface area contributed by atoms with Crippen molar-refractivity contribution in [3.05, 3.63) is 23.8 Å². The Balaban J connectivity index is 4.27. The van der Waals surface area contributed by atoms with Gasteiger partial charge in [0.1, 0.15) is 0 Å². The normalized spacial score (nSPS) is 14.8. The topological polar surface area (TPSA) is 40.5 Å². The predicted octanol–water partition coefficient (Wildman–Crippen LogP) is 1.89. The highest BCUT2D eigenvalue weighted by atomic mass is 16.3. The van der Waals surface area contributed by atoms with Crippen LogP contribution < -0.4 is 0 Å². The van der Waals surface area contributed by atoms with E-state index in [4.69, 9.17) is 5.11 Å². The fraction of sp³-hybridized carbons (Fsp3) is 0.636. The molecule has 76 valence electrons. The average Bonchev–Trinajstić information content (AvgIpc) is 2.03. The summed E-state index contributed by atoms with van der Waals surface area (Å²) >= 11 is 0. The Kier molecular flexibility index (Phi) is 5.67. The van der Waals surface area contributed by atoms with Gasteiger partial charge < -0.3 is 10.2 Å². The second-order valence-electron chi connectivity index (χ2n) is 3.72. The van der Waals surface area contributed by atoms with E-state index in [0.29, 0.717) is 0 Å². The first-order valence-electron chi connectivity index (χ1n) is 4.56. The number of hydrogen-bond donors (Lipinski definition) is 2. The first-order valence-corrected chi connectivity index (χ1v) is 4.56. The average molecular weight is 184 g/mol. The van der Waals surface area contributed by atoms with Crippen LogP contribution >= 0.6 is 0 Å². The van der Waals surface area contributed by atoms with Gasteiger partial charge in [0.05, 0.1) is 12.7 Å². The van der Waals surface area contributed by atoms with E-state index in [1.807, 2.05) is 20.8 Å². The Morgan fingerprint density at radius 1 is 1.38 bits per heavy atom. The van der Waals surface area contributed by atoms with Gasteiger partial charge in [-0.15, -0.1) is 0 Å². The Morgan fingerprint density at radius 3 is 2.23 bits per heavy atom. The van der Waals surface area contributed by atoms with Crippen molar-refractivity contribution >= 4 is 0 Å². The maximum absolute atomic E-state index is 9.46. The van der Waals surface area contributed by atoms with Crippen LogP contribution in [-0.2, 0) is 0 Å². The number of rotatable bonds is 5. The summed E-state index contributed by atoms with van der Waals surface area (Å²) in [6.45, 7) is 9.51. The number of hydrogen-bond acceptors (Lipinski definition) is 2. The molecule has 0 rings (SSSR count). The molecular weight excluding hydrogens is 164 g/mol. The quantitative estimate of drug-likeness (QED) is 0.640. The second kappa shape index (κ2) is 5.95. The molecule has 0 unspecified atom stereocenters. The van der Waals surface area contributed by atoms with Crippen LogP contribution in [0.1, 0.15) is 27.2 Å². The Morgan fingerprint density at radius 2 is 1.92 bits per heavy atom. The third-order valence-electron chi connectivity index (χ3n) is 2.06. The Hall–Kier alpha value is -0.600. The molecule has 2 nitrogen and oxygen atoms in total. The highest BCUT2D eigenvalue weighted by Gasteiger charge is 2.17. The van der Waals surface area contributed by atoms with Crippen molar-refractivity contribution in [2.24, 2.45) is 5.92 Å². The number of allylic oxidation sites excluding steroid dienone is 2. The molecule has 0 saturated carbocycles. The molecule has 0 spiro atoms. The van der Waals surface area contributed by atoms with Crippen molar-refractivity contribution in [3.63, 3.8) is 0 Å². The largest absolute Gasteiger partial charge is 0.394 e. The van der Waals surface area contributed by atoms with Gasteiger partial charge in [0.25, 0.3) is 0 Å². The molecule has 0 heterocycles. The van der Waals surface area contributed by atoms with Crippen molar-refractivity contribution in [1.82, 2.24) is 0 Å². The van der Waals surface area contributed by atoms with Gasteiger partial charge in [-0.05, 0) is 27.2 Å². The standard InChI is InChI=1S/C11H20O2/c1-8(2)5-6-10(9(3)4)11(13)7-12/h5,10-13H,3,6-7H2,1-2,4H3/t10-,11+/m0/s1. The number of aliphatic hydroxyl groups excluding tert-OH is 2. The van der Waals surface area contributed by atoms with E-state index in [2.05, 4.69) is 12.7 Å². The lowest BCUT2D eigenvalue weighted by Gasteiger charge is -2.20. The Labute approximate surface area is 80.6 Å². The number of aliphatic hydroxyl groups is 2. The van der Waals surface area contributed by atoms with Gasteiger partial charge in [0, 0.05) is 5.92 Å². The lowest BCUT2D eigenvalue weighted by Crippen LogP contribution is -2.24. The third kappa shape index (κ3) is 4.86. The highest BCUT2D eigenvalue weighted by Crippen LogP contribution is 2.18. The van der Waals surface area contributed by atoms with E-state index >= 15 is 0 Å². The zero-order valence-corrected chi connectivity index (χ0v) is 8.75. The fourth-order valence-electron chi connectivity index (χ4n) is 1.18. The monoisotopic (exact) mass is 184 g/mol. The lowest BCUT2D eigenvalue weighted by atomic mass is 9.91. The van der Waals surface area contributed by atoms with Crippen molar-refractivity contribution in [2.75, 3.05) is 6.61 Å². The summed E-state index contributed by atoms with van der Waals surface area (Å²) in [5.41, 5.74) is 2.13. The van der Waals surface area contributed by atoms with E-state index in [1.54, 1.807) is 0 Å². The van der Waals surface area contributed by atoms with Crippen LogP contribution in [0.5, 0.6) is 0 Å². The summed E-state index contributed by atoms with van der Waals surface area (Å²) in [5, 5.41) is 18.3. The highest BCUT2D eigenvalue weighted by molar-refractivity contribution is 5.05. The Bertz CT molecular complexity index is 190. The fourth-order valence-corrected chi connectivity index (χ4v) is 1.18. The van der Waals surface area contributed by atoms with Crippen molar-refractivity contribution in [1.29, 1.82) is 0 Å². The molecule has 0 aromatic rings. The van der Waals surface area contributed by atoms with E-state index in [9.17, 15) is 5.11 Å². The van der Waals surface area contributed by atoms with Crippen LogP contribution in [0.15, 0.2) is 23.8 Å².